The van der Waals surface area contributed by atoms with Crippen molar-refractivity contribution in [3.63, 3.8) is 0 Å². The first-order valence-corrected chi connectivity index (χ1v) is 8.12. The van der Waals surface area contributed by atoms with Gasteiger partial charge in [0, 0.05) is 19.0 Å². The fourth-order valence-electron chi connectivity index (χ4n) is 3.26. The van der Waals surface area contributed by atoms with Crippen molar-refractivity contribution in [3.8, 4) is 0 Å². The molecule has 1 atom stereocenters. The maximum atomic E-state index is 13.2. The first kappa shape index (κ1) is 16.6. The monoisotopic (exact) mass is 331 g/mol. The molecule has 3 rings (SSSR count). The fraction of sp³-hybridized carbons (Fsp3) is 0.471. The Balaban J connectivity index is 1.69. The Morgan fingerprint density at radius 2 is 1.96 bits per heavy atom. The molecular weight excluding hydrogens is 309 g/mol. The number of halogens is 1. The molecule has 2 aromatic rings. The Morgan fingerprint density at radius 3 is 2.50 bits per heavy atom. The number of hydrogen-bond donors (Lipinski definition) is 1. The van der Waals surface area contributed by atoms with E-state index in [0.717, 1.165) is 24.2 Å². The number of hydrogen-bond acceptors (Lipinski definition) is 4. The van der Waals surface area contributed by atoms with Crippen LogP contribution in [0.1, 0.15) is 36.2 Å². The summed E-state index contributed by atoms with van der Waals surface area (Å²) in [5.41, 5.74) is 0.809. The van der Waals surface area contributed by atoms with Gasteiger partial charge in [-0.15, -0.1) is 0 Å². The summed E-state index contributed by atoms with van der Waals surface area (Å²) in [6, 6.07) is 5.76. The second-order valence-corrected chi connectivity index (χ2v) is 6.39. The molecule has 24 heavy (non-hydrogen) atoms. The average molecular weight is 331 g/mol. The van der Waals surface area contributed by atoms with Crippen LogP contribution in [-0.4, -0.2) is 58.1 Å². The maximum Gasteiger partial charge on any atom is 0.244 e. The SMILES string of the molecule is CN(C)[C@H](C(=O)N1CCC(c2ncn[nH]2)CC1)c1ccc(F)cc1. The number of rotatable bonds is 4. The summed E-state index contributed by atoms with van der Waals surface area (Å²) >= 11 is 0. The summed E-state index contributed by atoms with van der Waals surface area (Å²) in [6.07, 6.45) is 3.25. The number of likely N-dealkylation sites (tertiary alicyclic amines) is 1. The molecule has 1 N–H and O–H groups in total. The summed E-state index contributed by atoms with van der Waals surface area (Å²) in [7, 11) is 3.74. The molecule has 1 aliphatic rings. The van der Waals surface area contributed by atoms with Crippen molar-refractivity contribution in [2.45, 2.75) is 24.8 Å². The van der Waals surface area contributed by atoms with Gasteiger partial charge in [0.25, 0.3) is 0 Å². The Hall–Kier alpha value is -2.28. The quantitative estimate of drug-likeness (QED) is 0.930. The normalized spacial score (nSPS) is 17.2. The smallest absolute Gasteiger partial charge is 0.244 e. The van der Waals surface area contributed by atoms with Crippen LogP contribution in [-0.2, 0) is 4.79 Å². The van der Waals surface area contributed by atoms with Gasteiger partial charge in [-0.2, -0.15) is 5.10 Å². The van der Waals surface area contributed by atoms with Gasteiger partial charge < -0.3 is 4.90 Å². The molecule has 0 radical (unpaired) electrons. The van der Waals surface area contributed by atoms with Gasteiger partial charge in [0.1, 0.15) is 24.0 Å². The molecule has 1 amide bonds. The Morgan fingerprint density at radius 1 is 1.29 bits per heavy atom. The van der Waals surface area contributed by atoms with Crippen LogP contribution in [0.5, 0.6) is 0 Å². The number of aromatic nitrogens is 3. The number of nitrogens with zero attached hydrogens (tertiary/aromatic N) is 4. The molecule has 0 aliphatic carbocycles. The lowest BCUT2D eigenvalue weighted by Crippen LogP contribution is -2.44. The summed E-state index contributed by atoms with van der Waals surface area (Å²) in [4.78, 5) is 21.0. The first-order chi connectivity index (χ1) is 11.6. The zero-order valence-corrected chi connectivity index (χ0v) is 13.9. The number of likely N-dealkylation sites (N-methyl/N-ethyl adjacent to an activating group) is 1. The van der Waals surface area contributed by atoms with Gasteiger partial charge in [0.2, 0.25) is 5.91 Å². The number of carbonyl (C=O) groups is 1. The number of benzene rings is 1. The van der Waals surface area contributed by atoms with Crippen LogP contribution in [0.15, 0.2) is 30.6 Å². The highest BCUT2D eigenvalue weighted by atomic mass is 19.1. The van der Waals surface area contributed by atoms with Crippen molar-refractivity contribution < 1.29 is 9.18 Å². The largest absolute Gasteiger partial charge is 0.341 e. The van der Waals surface area contributed by atoms with Gasteiger partial charge in [-0.1, -0.05) is 12.1 Å². The zero-order valence-electron chi connectivity index (χ0n) is 13.9. The highest BCUT2D eigenvalue weighted by molar-refractivity contribution is 5.83. The van der Waals surface area contributed by atoms with Crippen molar-refractivity contribution in [3.05, 3.63) is 47.8 Å². The number of piperidine rings is 1. The molecule has 0 unspecified atom stereocenters. The fourth-order valence-corrected chi connectivity index (χ4v) is 3.26. The third-order valence-corrected chi connectivity index (χ3v) is 4.56. The van der Waals surface area contributed by atoms with Crippen LogP contribution in [0.25, 0.3) is 0 Å². The molecule has 0 bridgehead atoms. The van der Waals surface area contributed by atoms with Gasteiger partial charge >= 0.3 is 0 Å². The minimum Gasteiger partial charge on any atom is -0.341 e. The Labute approximate surface area is 140 Å². The van der Waals surface area contributed by atoms with Crippen molar-refractivity contribution >= 4 is 5.91 Å². The van der Waals surface area contributed by atoms with Crippen molar-refractivity contribution in [1.82, 2.24) is 25.0 Å². The third-order valence-electron chi connectivity index (χ3n) is 4.56. The zero-order chi connectivity index (χ0) is 17.1. The predicted molar refractivity (Wildman–Crippen MR) is 87.8 cm³/mol. The van der Waals surface area contributed by atoms with Crippen LogP contribution >= 0.6 is 0 Å². The molecule has 0 saturated carbocycles. The second kappa shape index (κ2) is 7.09. The lowest BCUT2D eigenvalue weighted by molar-refractivity contribution is -0.137. The maximum absolute atomic E-state index is 13.2. The van der Waals surface area contributed by atoms with Gasteiger partial charge in [-0.3, -0.25) is 14.8 Å². The molecule has 7 heteroatoms. The lowest BCUT2D eigenvalue weighted by atomic mass is 9.95. The molecule has 1 fully saturated rings. The van der Waals surface area contributed by atoms with E-state index in [-0.39, 0.29) is 11.7 Å². The van der Waals surface area contributed by atoms with Gasteiger partial charge in [0.15, 0.2) is 0 Å². The molecule has 1 saturated heterocycles. The minimum absolute atomic E-state index is 0.0580. The lowest BCUT2D eigenvalue weighted by Gasteiger charge is -2.35. The van der Waals surface area contributed by atoms with E-state index in [1.54, 1.807) is 12.1 Å². The molecule has 2 heterocycles. The van der Waals surface area contributed by atoms with Gasteiger partial charge in [-0.05, 0) is 44.6 Å². The van der Waals surface area contributed by atoms with E-state index in [1.807, 2.05) is 23.9 Å². The number of H-pyrrole nitrogens is 1. The number of aromatic amines is 1. The molecular formula is C17H22FN5O. The van der Waals surface area contributed by atoms with E-state index >= 15 is 0 Å². The van der Waals surface area contributed by atoms with Crippen LogP contribution in [0.3, 0.4) is 0 Å². The minimum atomic E-state index is -0.396. The molecule has 128 valence electrons. The summed E-state index contributed by atoms with van der Waals surface area (Å²) < 4.78 is 13.2. The van der Waals surface area contributed by atoms with E-state index in [9.17, 15) is 9.18 Å². The van der Waals surface area contributed by atoms with Crippen molar-refractivity contribution in [2.75, 3.05) is 27.2 Å². The molecule has 1 aromatic heterocycles. The van der Waals surface area contributed by atoms with Crippen LogP contribution < -0.4 is 0 Å². The van der Waals surface area contributed by atoms with E-state index in [2.05, 4.69) is 15.2 Å². The van der Waals surface area contributed by atoms with E-state index in [1.165, 1.54) is 18.5 Å². The van der Waals surface area contributed by atoms with Crippen LogP contribution in [0.2, 0.25) is 0 Å². The molecule has 0 spiro atoms. The highest BCUT2D eigenvalue weighted by Gasteiger charge is 2.31. The summed E-state index contributed by atoms with van der Waals surface area (Å²) in [5.74, 6) is 0.976. The van der Waals surface area contributed by atoms with Gasteiger partial charge in [-0.25, -0.2) is 9.37 Å². The van der Waals surface area contributed by atoms with Crippen molar-refractivity contribution in [2.24, 2.45) is 0 Å². The molecule has 1 aromatic carbocycles. The van der Waals surface area contributed by atoms with E-state index in [0.29, 0.717) is 19.0 Å². The number of nitrogens with one attached hydrogen (secondary N) is 1. The van der Waals surface area contributed by atoms with E-state index in [4.69, 9.17) is 0 Å². The standard InChI is InChI=1S/C17H22FN5O/c1-22(2)15(12-3-5-14(18)6-4-12)17(24)23-9-7-13(8-10-23)16-19-11-20-21-16/h3-6,11,13,15H,7-10H2,1-2H3,(H,19,20,21)/t15-/m0/s1. The predicted octanol–water partition coefficient (Wildman–Crippen LogP) is 1.95. The summed E-state index contributed by atoms with van der Waals surface area (Å²) in [5, 5.41) is 6.81. The molecule has 6 nitrogen and oxygen atoms in total. The van der Waals surface area contributed by atoms with Gasteiger partial charge in [0.05, 0.1) is 0 Å². The van der Waals surface area contributed by atoms with Crippen LogP contribution in [0, 0.1) is 5.82 Å². The Kier molecular flexibility index (Phi) is 4.89. The number of amides is 1. The third kappa shape index (κ3) is 3.46. The summed E-state index contributed by atoms with van der Waals surface area (Å²) in [6.45, 7) is 1.38. The number of carbonyl (C=O) groups excluding carboxylic acids is 1. The Bertz CT molecular complexity index is 663. The average Bonchev–Trinajstić information content (AvgIpc) is 3.11. The topological polar surface area (TPSA) is 65.1 Å². The van der Waals surface area contributed by atoms with Crippen molar-refractivity contribution in [1.29, 1.82) is 0 Å². The second-order valence-electron chi connectivity index (χ2n) is 6.39. The van der Waals surface area contributed by atoms with E-state index < -0.39 is 6.04 Å². The van der Waals surface area contributed by atoms with Crippen LogP contribution in [0.4, 0.5) is 4.39 Å². The highest BCUT2D eigenvalue weighted by Crippen LogP contribution is 2.28. The molecule has 1 aliphatic heterocycles. The first-order valence-electron chi connectivity index (χ1n) is 8.12.